The number of hydrogen-bond donors (Lipinski definition) is 0. The molecule has 5 nitrogen and oxygen atoms in total. The second kappa shape index (κ2) is 7.62. The minimum absolute atomic E-state index is 0.234. The first-order valence-electron chi connectivity index (χ1n) is 9.78. The summed E-state index contributed by atoms with van der Waals surface area (Å²) in [7, 11) is 0. The number of benzene rings is 1. The van der Waals surface area contributed by atoms with E-state index < -0.39 is 0 Å². The van der Waals surface area contributed by atoms with Gasteiger partial charge in [0.05, 0.1) is 18.7 Å². The molecule has 0 saturated carbocycles. The summed E-state index contributed by atoms with van der Waals surface area (Å²) >= 11 is 0. The zero-order valence-electron chi connectivity index (χ0n) is 15.6. The fourth-order valence-electron chi connectivity index (χ4n) is 4.24. The van der Waals surface area contributed by atoms with E-state index in [1.54, 1.807) is 0 Å². The molecule has 5 heteroatoms. The van der Waals surface area contributed by atoms with Gasteiger partial charge in [-0.1, -0.05) is 24.3 Å². The highest BCUT2D eigenvalue weighted by atomic mass is 16.2. The maximum absolute atomic E-state index is 13.3. The predicted octanol–water partition coefficient (Wildman–Crippen LogP) is 2.63. The molecule has 1 fully saturated rings. The van der Waals surface area contributed by atoms with Crippen molar-refractivity contribution < 1.29 is 4.79 Å². The van der Waals surface area contributed by atoms with Crippen molar-refractivity contribution in [2.24, 2.45) is 0 Å². The molecule has 0 unspecified atom stereocenters. The second-order valence-electron chi connectivity index (χ2n) is 7.62. The van der Waals surface area contributed by atoms with Crippen molar-refractivity contribution in [2.75, 3.05) is 19.6 Å². The molecule has 138 valence electrons. The lowest BCUT2D eigenvalue weighted by molar-refractivity contribution is -0.134. The Hall–Kier alpha value is -2.14. The van der Waals surface area contributed by atoms with E-state index in [1.165, 1.54) is 31.5 Å². The summed E-state index contributed by atoms with van der Waals surface area (Å²) in [6.45, 7) is 6.98. The topological polar surface area (TPSA) is 41.4 Å². The predicted molar refractivity (Wildman–Crippen MR) is 102 cm³/mol. The molecule has 1 atom stereocenters. The number of fused-ring (bicyclic) bond motifs is 1. The molecule has 0 bridgehead atoms. The van der Waals surface area contributed by atoms with Gasteiger partial charge in [-0.15, -0.1) is 0 Å². The molecule has 2 aromatic rings. The van der Waals surface area contributed by atoms with Gasteiger partial charge >= 0.3 is 0 Å². The lowest BCUT2D eigenvalue weighted by atomic mass is 10.0. The molecule has 1 saturated heterocycles. The average molecular weight is 352 g/mol. The van der Waals surface area contributed by atoms with Crippen molar-refractivity contribution >= 4 is 5.91 Å². The van der Waals surface area contributed by atoms with Crippen molar-refractivity contribution in [2.45, 2.75) is 51.7 Å². The first-order valence-corrected chi connectivity index (χ1v) is 9.78. The van der Waals surface area contributed by atoms with E-state index in [0.717, 1.165) is 30.8 Å². The van der Waals surface area contributed by atoms with E-state index >= 15 is 0 Å². The van der Waals surface area contributed by atoms with E-state index in [4.69, 9.17) is 0 Å². The summed E-state index contributed by atoms with van der Waals surface area (Å²) in [6, 6.07) is 10.5. The van der Waals surface area contributed by atoms with Crippen LogP contribution in [0.2, 0.25) is 0 Å². The van der Waals surface area contributed by atoms with Crippen LogP contribution in [0.3, 0.4) is 0 Å². The third kappa shape index (κ3) is 3.68. The van der Waals surface area contributed by atoms with Crippen molar-refractivity contribution in [1.82, 2.24) is 19.6 Å². The fourth-order valence-corrected chi connectivity index (χ4v) is 4.24. The first kappa shape index (κ1) is 17.3. The highest BCUT2D eigenvalue weighted by molar-refractivity contribution is 5.79. The summed E-state index contributed by atoms with van der Waals surface area (Å²) in [5.74, 6) is 0.234. The van der Waals surface area contributed by atoms with Crippen LogP contribution >= 0.6 is 0 Å². The normalized spacial score (nSPS) is 20.8. The molecule has 1 aromatic heterocycles. The number of amides is 1. The van der Waals surface area contributed by atoms with Gasteiger partial charge in [0.1, 0.15) is 0 Å². The van der Waals surface area contributed by atoms with Crippen molar-refractivity contribution in [1.29, 1.82) is 0 Å². The molecule has 26 heavy (non-hydrogen) atoms. The van der Waals surface area contributed by atoms with Gasteiger partial charge in [-0.25, -0.2) is 0 Å². The van der Waals surface area contributed by atoms with Crippen LogP contribution in [-0.4, -0.2) is 51.2 Å². The molecule has 1 aromatic carbocycles. The van der Waals surface area contributed by atoms with Crippen LogP contribution in [0.5, 0.6) is 0 Å². The molecule has 2 aliphatic heterocycles. The zero-order valence-corrected chi connectivity index (χ0v) is 15.6. The zero-order chi connectivity index (χ0) is 17.9. The largest absolute Gasteiger partial charge is 0.332 e. The molecule has 3 heterocycles. The van der Waals surface area contributed by atoms with E-state index in [9.17, 15) is 4.79 Å². The van der Waals surface area contributed by atoms with Gasteiger partial charge in [-0.05, 0) is 56.5 Å². The molecule has 2 aliphatic rings. The second-order valence-corrected chi connectivity index (χ2v) is 7.62. The Bertz CT molecular complexity index is 763. The molecular weight excluding hydrogens is 324 g/mol. The highest BCUT2D eigenvalue weighted by Crippen LogP contribution is 2.21. The molecule has 0 aliphatic carbocycles. The quantitative estimate of drug-likeness (QED) is 0.849. The van der Waals surface area contributed by atoms with Crippen LogP contribution in [-0.2, 0) is 24.3 Å². The van der Waals surface area contributed by atoms with Gasteiger partial charge in [-0.2, -0.15) is 5.10 Å². The molecule has 1 amide bonds. The van der Waals surface area contributed by atoms with E-state index in [1.807, 2.05) is 24.4 Å². The van der Waals surface area contributed by atoms with Gasteiger partial charge in [0.15, 0.2) is 0 Å². The third-order valence-electron chi connectivity index (χ3n) is 5.84. The lowest BCUT2D eigenvalue weighted by Gasteiger charge is -2.33. The highest BCUT2D eigenvalue weighted by Gasteiger charge is 2.30. The Morgan fingerprint density at radius 1 is 1.15 bits per heavy atom. The lowest BCUT2D eigenvalue weighted by Crippen LogP contribution is -2.46. The maximum atomic E-state index is 13.3. The van der Waals surface area contributed by atoms with Crippen LogP contribution in [0, 0.1) is 6.92 Å². The summed E-state index contributed by atoms with van der Waals surface area (Å²) in [5, 5.41) is 4.44. The third-order valence-corrected chi connectivity index (χ3v) is 5.84. The van der Waals surface area contributed by atoms with Gasteiger partial charge in [0.2, 0.25) is 5.91 Å². The Kier molecular flexibility index (Phi) is 5.07. The Morgan fingerprint density at radius 3 is 2.77 bits per heavy atom. The SMILES string of the molecule is Cc1ccccc1CC(=O)N1Cc2ccnn2CC[C@@H]1CN1CCCC1. The molecule has 0 N–H and O–H groups in total. The summed E-state index contributed by atoms with van der Waals surface area (Å²) in [4.78, 5) is 17.9. The molecule has 0 radical (unpaired) electrons. The van der Waals surface area contributed by atoms with Crippen LogP contribution in [0.15, 0.2) is 36.5 Å². The number of hydrogen-bond acceptors (Lipinski definition) is 3. The summed E-state index contributed by atoms with van der Waals surface area (Å²) in [5.41, 5.74) is 3.47. The monoisotopic (exact) mass is 352 g/mol. The summed E-state index contributed by atoms with van der Waals surface area (Å²) < 4.78 is 2.07. The smallest absolute Gasteiger partial charge is 0.227 e. The van der Waals surface area contributed by atoms with Crippen molar-refractivity contribution in [3.63, 3.8) is 0 Å². The Morgan fingerprint density at radius 2 is 1.96 bits per heavy atom. The number of nitrogens with zero attached hydrogens (tertiary/aromatic N) is 4. The van der Waals surface area contributed by atoms with E-state index in [0.29, 0.717) is 13.0 Å². The number of aryl methyl sites for hydroxylation is 2. The maximum Gasteiger partial charge on any atom is 0.227 e. The summed E-state index contributed by atoms with van der Waals surface area (Å²) in [6.07, 6.45) is 5.87. The number of carbonyl (C=O) groups excluding carboxylic acids is 1. The van der Waals surface area contributed by atoms with Gasteiger partial charge < -0.3 is 9.80 Å². The van der Waals surface area contributed by atoms with E-state index in [2.05, 4.69) is 38.6 Å². The molecular formula is C21H28N4O. The number of carbonyl (C=O) groups is 1. The van der Waals surface area contributed by atoms with Gasteiger partial charge in [0, 0.05) is 25.3 Å². The van der Waals surface area contributed by atoms with Gasteiger partial charge in [0.25, 0.3) is 0 Å². The molecule has 0 spiro atoms. The fraction of sp³-hybridized carbons (Fsp3) is 0.524. The minimum atomic E-state index is 0.234. The number of rotatable bonds is 4. The van der Waals surface area contributed by atoms with Crippen LogP contribution in [0.25, 0.3) is 0 Å². The molecule has 4 rings (SSSR count). The number of likely N-dealkylation sites (tertiary alicyclic amines) is 1. The minimum Gasteiger partial charge on any atom is -0.332 e. The van der Waals surface area contributed by atoms with Crippen molar-refractivity contribution in [3.8, 4) is 0 Å². The van der Waals surface area contributed by atoms with Crippen LogP contribution < -0.4 is 0 Å². The Balaban J connectivity index is 1.55. The van der Waals surface area contributed by atoms with Crippen LogP contribution in [0.1, 0.15) is 36.1 Å². The number of aromatic nitrogens is 2. The standard InChI is InChI=1S/C21H28N4O/c1-17-6-2-3-7-18(17)14-21(26)24-16-20-8-10-22-25(20)13-9-19(24)15-23-11-4-5-12-23/h2-3,6-8,10,19H,4-5,9,11-16H2,1H3/t19-/m1/s1. The van der Waals surface area contributed by atoms with E-state index in [-0.39, 0.29) is 11.9 Å². The van der Waals surface area contributed by atoms with Crippen molar-refractivity contribution in [3.05, 3.63) is 53.3 Å². The average Bonchev–Trinajstić information content (AvgIpc) is 3.27. The van der Waals surface area contributed by atoms with Gasteiger partial charge in [-0.3, -0.25) is 9.48 Å². The van der Waals surface area contributed by atoms with Crippen LogP contribution in [0.4, 0.5) is 0 Å². The Labute approximate surface area is 155 Å². The first-order chi connectivity index (χ1) is 12.7.